The molecule has 1 unspecified atom stereocenters. The van der Waals surface area contributed by atoms with Crippen LogP contribution in [-0.2, 0) is 16.0 Å². The van der Waals surface area contributed by atoms with E-state index >= 15 is 0 Å². The lowest BCUT2D eigenvalue weighted by Crippen LogP contribution is -2.30. The fourth-order valence-electron chi connectivity index (χ4n) is 4.12. The van der Waals surface area contributed by atoms with Crippen LogP contribution in [0.4, 0.5) is 0 Å². The number of halogens is 1. The van der Waals surface area contributed by atoms with Crippen LogP contribution in [0.25, 0.3) is 5.76 Å². The van der Waals surface area contributed by atoms with Gasteiger partial charge >= 0.3 is 0 Å². The minimum absolute atomic E-state index is 0.0280. The maximum Gasteiger partial charge on any atom is 0.295 e. The molecule has 0 saturated carbocycles. The van der Waals surface area contributed by atoms with Crippen molar-refractivity contribution in [2.75, 3.05) is 20.8 Å². The van der Waals surface area contributed by atoms with Gasteiger partial charge in [-0.05, 0) is 30.0 Å². The van der Waals surface area contributed by atoms with Crippen LogP contribution in [-0.4, -0.2) is 42.5 Å². The summed E-state index contributed by atoms with van der Waals surface area (Å²) < 4.78 is 10.7. The molecule has 1 aliphatic rings. The number of rotatable bonds is 9. The van der Waals surface area contributed by atoms with Crippen molar-refractivity contribution in [3.05, 3.63) is 63.7 Å². The minimum Gasteiger partial charge on any atom is -0.507 e. The fourth-order valence-corrected chi connectivity index (χ4v) is 4.36. The van der Waals surface area contributed by atoms with E-state index in [4.69, 9.17) is 21.1 Å². The van der Waals surface area contributed by atoms with E-state index in [9.17, 15) is 14.7 Å². The summed E-state index contributed by atoms with van der Waals surface area (Å²) >= 11 is 6.30. The SMILES string of the molecule is CCCCCN1C(=O)C(=O)/C(=C(/O)c2cc(Cl)c(OC)cc2OC)C1c1ccc(CC)cc1. The predicted octanol–water partition coefficient (Wildman–Crippen LogP) is 5.53. The number of carbonyl (C=O) groups is 2. The Labute approximate surface area is 199 Å². The molecule has 0 aliphatic carbocycles. The Kier molecular flexibility index (Phi) is 8.03. The van der Waals surface area contributed by atoms with E-state index in [2.05, 4.69) is 13.8 Å². The largest absolute Gasteiger partial charge is 0.507 e. The molecule has 1 fully saturated rings. The monoisotopic (exact) mass is 471 g/mol. The quantitative estimate of drug-likeness (QED) is 0.225. The Bertz CT molecular complexity index is 1060. The molecule has 0 aromatic heterocycles. The smallest absolute Gasteiger partial charge is 0.295 e. The maximum absolute atomic E-state index is 13.2. The second-order valence-electron chi connectivity index (χ2n) is 7.98. The van der Waals surface area contributed by atoms with Gasteiger partial charge in [0, 0.05) is 12.6 Å². The highest BCUT2D eigenvalue weighted by Crippen LogP contribution is 2.43. The van der Waals surface area contributed by atoms with E-state index in [1.54, 1.807) is 11.0 Å². The van der Waals surface area contributed by atoms with Crippen LogP contribution < -0.4 is 9.47 Å². The molecule has 0 bridgehead atoms. The van der Waals surface area contributed by atoms with Gasteiger partial charge in [-0.15, -0.1) is 0 Å². The third kappa shape index (κ3) is 4.86. The number of nitrogens with zero attached hydrogens (tertiary/aromatic N) is 1. The lowest BCUT2D eigenvalue weighted by molar-refractivity contribution is -0.139. The summed E-state index contributed by atoms with van der Waals surface area (Å²) in [6, 6.07) is 10.1. The Morgan fingerprint density at radius 1 is 1.03 bits per heavy atom. The fraction of sp³-hybridized carbons (Fsp3) is 0.385. The number of benzene rings is 2. The molecular weight excluding hydrogens is 442 g/mol. The molecule has 6 nitrogen and oxygen atoms in total. The van der Waals surface area contributed by atoms with Gasteiger partial charge in [-0.3, -0.25) is 9.59 Å². The van der Waals surface area contributed by atoms with Gasteiger partial charge in [-0.1, -0.05) is 62.6 Å². The highest BCUT2D eigenvalue weighted by Gasteiger charge is 2.46. The molecule has 0 radical (unpaired) electrons. The summed E-state index contributed by atoms with van der Waals surface area (Å²) in [7, 11) is 2.92. The van der Waals surface area contributed by atoms with Gasteiger partial charge in [-0.25, -0.2) is 0 Å². The van der Waals surface area contributed by atoms with E-state index in [-0.39, 0.29) is 27.7 Å². The van der Waals surface area contributed by atoms with Gasteiger partial charge in [0.2, 0.25) is 0 Å². The summed E-state index contributed by atoms with van der Waals surface area (Å²) in [6.45, 7) is 4.57. The summed E-state index contributed by atoms with van der Waals surface area (Å²) in [5.74, 6) is -1.00. The normalized spacial score (nSPS) is 17.5. The molecule has 1 amide bonds. The van der Waals surface area contributed by atoms with Crippen LogP contribution in [0.2, 0.25) is 5.02 Å². The number of aliphatic hydroxyl groups excluding tert-OH is 1. The standard InChI is InChI=1S/C26H30ClNO5/c1-5-7-8-13-28-23(17-11-9-16(6-2)10-12-17)22(25(30)26(28)31)24(29)18-14-19(27)21(33-4)15-20(18)32-3/h9-12,14-15,23,29H,5-8,13H2,1-4H3/b24-22+. The Hall–Kier alpha value is -2.99. The first-order valence-electron chi connectivity index (χ1n) is 11.2. The van der Waals surface area contributed by atoms with Crippen molar-refractivity contribution in [2.45, 2.75) is 45.6 Å². The van der Waals surface area contributed by atoms with Gasteiger partial charge in [0.25, 0.3) is 11.7 Å². The van der Waals surface area contributed by atoms with E-state index in [1.165, 1.54) is 20.3 Å². The van der Waals surface area contributed by atoms with Gasteiger partial charge in [0.05, 0.1) is 36.4 Å². The maximum atomic E-state index is 13.2. The van der Waals surface area contributed by atoms with Crippen LogP contribution in [0.1, 0.15) is 55.8 Å². The number of Topliss-reactive ketones (excluding diaryl/α,β-unsaturated/α-hetero) is 1. The van der Waals surface area contributed by atoms with E-state index in [0.29, 0.717) is 12.3 Å². The molecule has 1 aliphatic heterocycles. The topological polar surface area (TPSA) is 76.1 Å². The van der Waals surface area contributed by atoms with Crippen LogP contribution in [0, 0.1) is 0 Å². The molecule has 2 aromatic rings. The van der Waals surface area contributed by atoms with Crippen molar-refractivity contribution in [3.8, 4) is 11.5 Å². The van der Waals surface area contributed by atoms with Crippen molar-refractivity contribution >= 4 is 29.1 Å². The molecular formula is C26H30ClNO5. The summed E-state index contributed by atoms with van der Waals surface area (Å²) in [5.41, 5.74) is 2.17. The number of ketones is 1. The second-order valence-corrected chi connectivity index (χ2v) is 8.39. The Morgan fingerprint density at radius 3 is 2.27 bits per heavy atom. The third-order valence-electron chi connectivity index (χ3n) is 5.98. The van der Waals surface area contributed by atoms with E-state index in [1.807, 2.05) is 24.3 Å². The lowest BCUT2D eigenvalue weighted by atomic mass is 9.94. The molecule has 176 valence electrons. The number of hydrogen-bond donors (Lipinski definition) is 1. The number of unbranched alkanes of at least 4 members (excludes halogenated alkanes) is 2. The van der Waals surface area contributed by atoms with Crippen LogP contribution >= 0.6 is 11.6 Å². The second kappa shape index (κ2) is 10.8. The third-order valence-corrected chi connectivity index (χ3v) is 6.27. The summed E-state index contributed by atoms with van der Waals surface area (Å²) in [4.78, 5) is 27.8. The number of likely N-dealkylation sites (tertiary alicyclic amines) is 1. The van der Waals surface area contributed by atoms with E-state index < -0.39 is 17.7 Å². The van der Waals surface area contributed by atoms with Crippen molar-refractivity contribution < 1.29 is 24.2 Å². The van der Waals surface area contributed by atoms with Gasteiger partial charge in [0.15, 0.2) is 0 Å². The lowest BCUT2D eigenvalue weighted by Gasteiger charge is -2.25. The number of amides is 1. The first kappa shape index (κ1) is 24.6. The zero-order valence-electron chi connectivity index (χ0n) is 19.5. The number of hydrogen-bond acceptors (Lipinski definition) is 5. The molecule has 1 heterocycles. The molecule has 0 spiro atoms. The van der Waals surface area contributed by atoms with Crippen molar-refractivity contribution in [3.63, 3.8) is 0 Å². The van der Waals surface area contributed by atoms with Crippen LogP contribution in [0.5, 0.6) is 11.5 Å². The number of aliphatic hydroxyl groups is 1. The van der Waals surface area contributed by atoms with Gasteiger partial charge in [-0.2, -0.15) is 0 Å². The molecule has 3 rings (SSSR count). The Morgan fingerprint density at radius 2 is 1.70 bits per heavy atom. The van der Waals surface area contributed by atoms with Crippen LogP contribution in [0.3, 0.4) is 0 Å². The summed E-state index contributed by atoms with van der Waals surface area (Å²) in [6.07, 6.45) is 3.57. The highest BCUT2D eigenvalue weighted by atomic mass is 35.5. The molecule has 1 saturated heterocycles. The van der Waals surface area contributed by atoms with Crippen molar-refractivity contribution in [1.29, 1.82) is 0 Å². The highest BCUT2D eigenvalue weighted by molar-refractivity contribution is 6.46. The van der Waals surface area contributed by atoms with Gasteiger partial charge < -0.3 is 19.5 Å². The van der Waals surface area contributed by atoms with E-state index in [0.717, 1.165) is 36.8 Å². The van der Waals surface area contributed by atoms with Gasteiger partial charge in [0.1, 0.15) is 17.3 Å². The average molecular weight is 472 g/mol. The number of ether oxygens (including phenoxy) is 2. The molecule has 2 aromatic carbocycles. The first-order valence-corrected chi connectivity index (χ1v) is 11.5. The molecule has 7 heteroatoms. The predicted molar refractivity (Wildman–Crippen MR) is 129 cm³/mol. The van der Waals surface area contributed by atoms with Crippen molar-refractivity contribution in [1.82, 2.24) is 4.90 Å². The number of aryl methyl sites for hydroxylation is 1. The zero-order chi connectivity index (χ0) is 24.1. The molecule has 33 heavy (non-hydrogen) atoms. The molecule has 1 N–H and O–H groups in total. The minimum atomic E-state index is -0.720. The number of methoxy groups -OCH3 is 2. The number of carbonyl (C=O) groups excluding carboxylic acids is 2. The Balaban J connectivity index is 2.19. The van der Waals surface area contributed by atoms with Crippen LogP contribution in [0.15, 0.2) is 42.0 Å². The summed E-state index contributed by atoms with van der Waals surface area (Å²) in [5, 5.41) is 11.6. The van der Waals surface area contributed by atoms with Crippen molar-refractivity contribution in [2.24, 2.45) is 0 Å². The zero-order valence-corrected chi connectivity index (χ0v) is 20.2. The average Bonchev–Trinajstić information content (AvgIpc) is 3.08. The first-order chi connectivity index (χ1) is 15.9. The molecule has 1 atom stereocenters.